The van der Waals surface area contributed by atoms with Gasteiger partial charge in [-0.25, -0.2) is 0 Å². The van der Waals surface area contributed by atoms with Crippen LogP contribution in [0.25, 0.3) is 0 Å². The van der Waals surface area contributed by atoms with Crippen LogP contribution in [0.5, 0.6) is 6.08 Å². The number of oxazole rings is 1. The van der Waals surface area contributed by atoms with Crippen LogP contribution in [0.2, 0.25) is 0 Å². The minimum Gasteiger partial charge on any atom is -0.450 e. The lowest BCUT2D eigenvalue weighted by Crippen LogP contribution is -2.25. The molecule has 0 spiro atoms. The molecule has 104 valence electrons. The highest BCUT2D eigenvalue weighted by Gasteiger charge is 2.16. The molecule has 1 aromatic heterocycles. The average molecular weight is 256 g/mol. The molecule has 0 saturated carbocycles. The fourth-order valence-electron chi connectivity index (χ4n) is 1.32. The van der Waals surface area contributed by atoms with E-state index in [-0.39, 0.29) is 5.60 Å². The predicted octanol–water partition coefficient (Wildman–Crippen LogP) is 2.37. The summed E-state index contributed by atoms with van der Waals surface area (Å²) in [6.45, 7) is 8.39. The molecular formula is C13H24N2O3. The molecule has 0 fully saturated rings. The molecule has 0 bridgehead atoms. The topological polar surface area (TPSA) is 56.5 Å². The molecule has 0 amide bonds. The Morgan fingerprint density at radius 2 is 2.22 bits per heavy atom. The summed E-state index contributed by atoms with van der Waals surface area (Å²) >= 11 is 0. The predicted molar refractivity (Wildman–Crippen MR) is 69.7 cm³/mol. The van der Waals surface area contributed by atoms with E-state index in [9.17, 15) is 0 Å². The number of nitrogens with one attached hydrogen (secondary N) is 1. The van der Waals surface area contributed by atoms with Crippen molar-refractivity contribution in [2.45, 2.75) is 45.8 Å². The molecule has 1 N–H and O–H groups in total. The van der Waals surface area contributed by atoms with Crippen molar-refractivity contribution in [1.29, 1.82) is 0 Å². The summed E-state index contributed by atoms with van der Waals surface area (Å²) in [5.41, 5.74) is 0.683. The van der Waals surface area contributed by atoms with Crippen LogP contribution in [0.15, 0.2) is 10.7 Å². The van der Waals surface area contributed by atoms with Gasteiger partial charge in [-0.15, -0.1) is 0 Å². The van der Waals surface area contributed by atoms with Gasteiger partial charge in [0.1, 0.15) is 6.26 Å². The van der Waals surface area contributed by atoms with Crippen LogP contribution in [0.4, 0.5) is 0 Å². The van der Waals surface area contributed by atoms with Crippen molar-refractivity contribution in [2.75, 3.05) is 20.3 Å². The first kappa shape index (κ1) is 15.0. The van der Waals surface area contributed by atoms with E-state index in [0.717, 1.165) is 25.1 Å². The van der Waals surface area contributed by atoms with Crippen molar-refractivity contribution in [3.63, 3.8) is 0 Å². The van der Waals surface area contributed by atoms with Crippen molar-refractivity contribution in [2.24, 2.45) is 0 Å². The van der Waals surface area contributed by atoms with Gasteiger partial charge in [0.2, 0.25) is 0 Å². The Kier molecular flexibility index (Phi) is 6.15. The minimum absolute atomic E-state index is 0.182. The van der Waals surface area contributed by atoms with E-state index in [4.69, 9.17) is 13.9 Å². The third kappa shape index (κ3) is 5.51. The van der Waals surface area contributed by atoms with Gasteiger partial charge in [0.25, 0.3) is 0 Å². The van der Waals surface area contributed by atoms with Gasteiger partial charge >= 0.3 is 6.08 Å². The summed E-state index contributed by atoms with van der Waals surface area (Å²) < 4.78 is 16.0. The van der Waals surface area contributed by atoms with E-state index in [1.54, 1.807) is 13.4 Å². The SMILES string of the molecule is CCCNCc1coc(OCCC(C)(C)OC)n1. The van der Waals surface area contributed by atoms with Crippen LogP contribution < -0.4 is 10.1 Å². The first-order valence-corrected chi connectivity index (χ1v) is 6.40. The molecule has 1 rings (SSSR count). The van der Waals surface area contributed by atoms with Crippen molar-refractivity contribution >= 4 is 0 Å². The van der Waals surface area contributed by atoms with Gasteiger partial charge in [0, 0.05) is 20.1 Å². The van der Waals surface area contributed by atoms with Crippen molar-refractivity contribution < 1.29 is 13.9 Å². The molecule has 0 unspecified atom stereocenters. The summed E-state index contributed by atoms with van der Waals surface area (Å²) in [7, 11) is 1.70. The monoisotopic (exact) mass is 256 g/mol. The highest BCUT2D eigenvalue weighted by molar-refractivity contribution is 4.99. The van der Waals surface area contributed by atoms with Gasteiger partial charge in [0.05, 0.1) is 17.9 Å². The van der Waals surface area contributed by atoms with E-state index in [2.05, 4.69) is 17.2 Å². The van der Waals surface area contributed by atoms with Gasteiger partial charge in [-0.05, 0) is 26.8 Å². The molecule has 0 aromatic carbocycles. The summed E-state index contributed by atoms with van der Waals surface area (Å²) in [5, 5.41) is 3.26. The Hall–Kier alpha value is -1.07. The molecule has 5 nitrogen and oxygen atoms in total. The summed E-state index contributed by atoms with van der Waals surface area (Å²) in [6.07, 6.45) is 3.84. The zero-order valence-corrected chi connectivity index (χ0v) is 11.8. The zero-order valence-electron chi connectivity index (χ0n) is 11.8. The molecule has 0 atom stereocenters. The molecule has 5 heteroatoms. The maximum absolute atomic E-state index is 5.45. The highest BCUT2D eigenvalue weighted by Crippen LogP contribution is 2.15. The Morgan fingerprint density at radius 3 is 2.89 bits per heavy atom. The second-order valence-electron chi connectivity index (χ2n) is 4.84. The number of rotatable bonds is 9. The maximum Gasteiger partial charge on any atom is 0.393 e. The van der Waals surface area contributed by atoms with Crippen molar-refractivity contribution in [3.8, 4) is 6.08 Å². The third-order valence-corrected chi connectivity index (χ3v) is 2.75. The van der Waals surface area contributed by atoms with Gasteiger partial charge in [-0.1, -0.05) is 6.92 Å². The number of methoxy groups -OCH3 is 1. The smallest absolute Gasteiger partial charge is 0.393 e. The highest BCUT2D eigenvalue weighted by atomic mass is 16.6. The van der Waals surface area contributed by atoms with Crippen LogP contribution in [0.1, 0.15) is 39.3 Å². The van der Waals surface area contributed by atoms with Gasteiger partial charge in [-0.2, -0.15) is 4.98 Å². The molecule has 0 saturated heterocycles. The lowest BCUT2D eigenvalue weighted by molar-refractivity contribution is 0.00291. The van der Waals surface area contributed by atoms with E-state index in [0.29, 0.717) is 19.2 Å². The van der Waals surface area contributed by atoms with Gasteiger partial charge in [-0.3, -0.25) is 0 Å². The van der Waals surface area contributed by atoms with E-state index >= 15 is 0 Å². The molecule has 1 aromatic rings. The lowest BCUT2D eigenvalue weighted by Gasteiger charge is -2.21. The van der Waals surface area contributed by atoms with Crippen LogP contribution in [-0.2, 0) is 11.3 Å². The molecule has 18 heavy (non-hydrogen) atoms. The Bertz CT molecular complexity index is 337. The number of nitrogens with zero attached hydrogens (tertiary/aromatic N) is 1. The normalized spacial score (nSPS) is 11.8. The standard InChI is InChI=1S/C13H24N2O3/c1-5-7-14-9-11-10-18-12(15-11)17-8-6-13(2,3)16-4/h10,14H,5-9H2,1-4H3. The second-order valence-corrected chi connectivity index (χ2v) is 4.84. The molecule has 1 heterocycles. The van der Waals surface area contributed by atoms with Crippen LogP contribution >= 0.6 is 0 Å². The zero-order chi connectivity index (χ0) is 13.4. The largest absolute Gasteiger partial charge is 0.450 e. The number of aromatic nitrogens is 1. The number of hydrogen-bond donors (Lipinski definition) is 1. The summed E-state index contributed by atoms with van der Waals surface area (Å²) in [6, 6.07) is 0. The maximum atomic E-state index is 5.45. The van der Waals surface area contributed by atoms with Crippen molar-refractivity contribution in [3.05, 3.63) is 12.0 Å². The quantitative estimate of drug-likeness (QED) is 0.687. The Labute approximate surface area is 109 Å². The van der Waals surface area contributed by atoms with E-state index in [1.165, 1.54) is 0 Å². The minimum atomic E-state index is -0.182. The molecule has 0 aliphatic carbocycles. The fourth-order valence-corrected chi connectivity index (χ4v) is 1.32. The first-order valence-electron chi connectivity index (χ1n) is 6.40. The molecule has 0 aliphatic rings. The third-order valence-electron chi connectivity index (χ3n) is 2.75. The first-order chi connectivity index (χ1) is 8.57. The molecule has 0 aliphatic heterocycles. The average Bonchev–Trinajstić information content (AvgIpc) is 2.77. The van der Waals surface area contributed by atoms with Crippen LogP contribution in [0.3, 0.4) is 0 Å². The van der Waals surface area contributed by atoms with E-state index in [1.807, 2.05) is 13.8 Å². The number of ether oxygens (including phenoxy) is 2. The summed E-state index contributed by atoms with van der Waals surface area (Å²) in [5.74, 6) is 0. The molecular weight excluding hydrogens is 232 g/mol. The fraction of sp³-hybridized carbons (Fsp3) is 0.769. The van der Waals surface area contributed by atoms with E-state index < -0.39 is 0 Å². The summed E-state index contributed by atoms with van der Waals surface area (Å²) in [4.78, 5) is 4.24. The van der Waals surface area contributed by atoms with Crippen molar-refractivity contribution in [1.82, 2.24) is 10.3 Å². The van der Waals surface area contributed by atoms with Crippen LogP contribution in [-0.4, -0.2) is 30.8 Å². The number of hydrogen-bond acceptors (Lipinski definition) is 5. The molecule has 0 radical (unpaired) electrons. The van der Waals surface area contributed by atoms with Crippen LogP contribution in [0, 0.1) is 0 Å². The van der Waals surface area contributed by atoms with Gasteiger partial charge < -0.3 is 19.2 Å². The lowest BCUT2D eigenvalue weighted by atomic mass is 10.1. The van der Waals surface area contributed by atoms with Gasteiger partial charge in [0.15, 0.2) is 0 Å². The Balaban J connectivity index is 2.27. The second kappa shape index (κ2) is 7.38. The Morgan fingerprint density at radius 1 is 1.44 bits per heavy atom.